The van der Waals surface area contributed by atoms with Crippen molar-refractivity contribution in [3.8, 4) is 5.75 Å². The second kappa shape index (κ2) is 9.40. The van der Waals surface area contributed by atoms with Gasteiger partial charge in [0.1, 0.15) is 16.9 Å². The number of phenols is 1. The molecule has 2 aromatic carbocycles. The molecule has 0 atom stereocenters. The van der Waals surface area contributed by atoms with E-state index in [0.717, 1.165) is 22.2 Å². The largest absolute Gasteiger partial charge is 0.506 e. The predicted molar refractivity (Wildman–Crippen MR) is 119 cm³/mol. The Morgan fingerprint density at radius 1 is 1.11 bits per heavy atom. The Morgan fingerprint density at radius 2 is 1.79 bits per heavy atom. The maximum absolute atomic E-state index is 12.5. The van der Waals surface area contributed by atoms with Gasteiger partial charge in [-0.15, -0.1) is 0 Å². The number of quaternary nitrogens is 1. The van der Waals surface area contributed by atoms with Crippen molar-refractivity contribution in [2.45, 2.75) is 18.4 Å². The number of carbonyl (C=O) groups excluding carboxylic acids is 2. The van der Waals surface area contributed by atoms with Crippen LogP contribution in [0.3, 0.4) is 0 Å². The molecule has 2 aromatic rings. The lowest BCUT2D eigenvalue weighted by Gasteiger charge is -2.35. The number of phenolic OH excluding ortho intramolecular Hbond substituents is 1. The summed E-state index contributed by atoms with van der Waals surface area (Å²) in [6.07, 6.45) is 1.40. The van der Waals surface area contributed by atoms with Gasteiger partial charge in [0.25, 0.3) is 0 Å². The van der Waals surface area contributed by atoms with Gasteiger partial charge in [0.2, 0.25) is 0 Å². The van der Waals surface area contributed by atoms with Gasteiger partial charge >= 0.3 is 11.9 Å². The number of halogens is 2. The molecule has 3 N–H and O–H groups in total. The van der Waals surface area contributed by atoms with Crippen molar-refractivity contribution >= 4 is 57.1 Å². The first-order chi connectivity index (χ1) is 13.4. The topological polar surface area (TPSA) is 89.4 Å². The molecule has 28 heavy (non-hydrogen) atoms. The Morgan fingerprint density at radius 3 is 2.46 bits per heavy atom. The first-order valence-corrected chi connectivity index (χ1v) is 11.0. The van der Waals surface area contributed by atoms with Crippen LogP contribution >= 0.6 is 45.2 Å². The van der Waals surface area contributed by atoms with Gasteiger partial charge < -0.3 is 19.9 Å². The van der Waals surface area contributed by atoms with Crippen LogP contribution in [0.1, 0.15) is 28.8 Å². The molecule has 0 spiro atoms. The zero-order valence-electron chi connectivity index (χ0n) is 15.0. The summed E-state index contributed by atoms with van der Waals surface area (Å²) in [4.78, 5) is 24.8. The summed E-state index contributed by atoms with van der Waals surface area (Å²) in [5.74, 6) is -1.50. The van der Waals surface area contributed by atoms with Gasteiger partial charge in [-0.05, 0) is 62.9 Å². The number of carbonyl (C=O) groups is 2. The van der Waals surface area contributed by atoms with Crippen molar-refractivity contribution in [2.75, 3.05) is 19.7 Å². The van der Waals surface area contributed by atoms with Crippen molar-refractivity contribution in [3.05, 3.63) is 60.7 Å². The average molecular weight is 608 g/mol. The maximum atomic E-state index is 12.5. The fourth-order valence-corrected chi connectivity index (χ4v) is 5.15. The summed E-state index contributed by atoms with van der Waals surface area (Å²) >= 11 is 3.99. The molecule has 1 aliphatic heterocycles. The van der Waals surface area contributed by atoms with Crippen LogP contribution in [0.25, 0.3) is 0 Å². The van der Waals surface area contributed by atoms with Gasteiger partial charge in [0.15, 0.2) is 6.61 Å². The van der Waals surface area contributed by atoms with Gasteiger partial charge in [0.05, 0.1) is 16.7 Å². The standard InChI is InChI=1S/C20H19I2NO5/c21-14-10-15(18(25)16(22)11-14)19(26)27-12-17(24)28-20(6-8-23-9-7-20)13-4-2-1-3-5-13/h1-5,10-11,23,25H,6-9,12H2/p+1. The highest BCUT2D eigenvalue weighted by atomic mass is 127. The molecule has 1 fully saturated rings. The molecule has 1 aliphatic rings. The van der Waals surface area contributed by atoms with Crippen molar-refractivity contribution in [2.24, 2.45) is 0 Å². The van der Waals surface area contributed by atoms with E-state index in [1.807, 2.05) is 75.5 Å². The van der Waals surface area contributed by atoms with Crippen LogP contribution in [0.4, 0.5) is 0 Å². The third kappa shape index (κ3) is 4.95. The Labute approximate surface area is 190 Å². The normalized spacial score (nSPS) is 15.6. The number of aromatic hydroxyl groups is 1. The maximum Gasteiger partial charge on any atom is 0.345 e. The van der Waals surface area contributed by atoms with Crippen LogP contribution < -0.4 is 5.32 Å². The number of piperidine rings is 1. The first-order valence-electron chi connectivity index (χ1n) is 8.85. The Hall–Kier alpha value is -1.40. The van der Waals surface area contributed by atoms with Crippen molar-refractivity contribution in [1.29, 1.82) is 0 Å². The van der Waals surface area contributed by atoms with Crippen molar-refractivity contribution < 1.29 is 29.5 Å². The van der Waals surface area contributed by atoms with Gasteiger partial charge in [-0.2, -0.15) is 0 Å². The quantitative estimate of drug-likeness (QED) is 0.403. The van der Waals surface area contributed by atoms with Crippen LogP contribution in [0.15, 0.2) is 42.5 Å². The zero-order valence-corrected chi connectivity index (χ0v) is 19.3. The second-order valence-corrected chi connectivity index (χ2v) is 8.97. The Kier molecular flexibility index (Phi) is 7.15. The highest BCUT2D eigenvalue weighted by Crippen LogP contribution is 2.34. The van der Waals surface area contributed by atoms with E-state index in [0.29, 0.717) is 16.4 Å². The van der Waals surface area contributed by atoms with Crippen LogP contribution in [-0.4, -0.2) is 36.7 Å². The molecule has 0 aliphatic carbocycles. The number of nitrogens with two attached hydrogens (primary N) is 1. The average Bonchev–Trinajstić information content (AvgIpc) is 2.70. The number of hydrogen-bond acceptors (Lipinski definition) is 5. The van der Waals surface area contributed by atoms with Crippen LogP contribution in [-0.2, 0) is 19.9 Å². The summed E-state index contributed by atoms with van der Waals surface area (Å²) < 4.78 is 12.3. The number of rotatable bonds is 5. The molecule has 0 radical (unpaired) electrons. The summed E-state index contributed by atoms with van der Waals surface area (Å²) in [6.45, 7) is 1.21. The molecular formula is C20H20I2NO5+. The minimum absolute atomic E-state index is 0.0362. The third-order valence-corrected chi connectivity index (χ3v) is 6.13. The van der Waals surface area contributed by atoms with Gasteiger partial charge in [-0.1, -0.05) is 30.3 Å². The molecule has 6 nitrogen and oxygen atoms in total. The molecule has 0 unspecified atom stereocenters. The fraction of sp³-hybridized carbons (Fsp3) is 0.300. The van der Waals surface area contributed by atoms with E-state index in [1.54, 1.807) is 6.07 Å². The molecule has 0 saturated carbocycles. The van der Waals surface area contributed by atoms with Gasteiger partial charge in [-0.3, -0.25) is 0 Å². The Bertz CT molecular complexity index is 866. The fourth-order valence-electron chi connectivity index (χ4n) is 3.30. The van der Waals surface area contributed by atoms with E-state index in [9.17, 15) is 14.7 Å². The number of esters is 2. The minimum Gasteiger partial charge on any atom is -0.506 e. The van der Waals surface area contributed by atoms with E-state index in [4.69, 9.17) is 9.47 Å². The lowest BCUT2D eigenvalue weighted by Crippen LogP contribution is -2.87. The number of benzene rings is 2. The molecule has 148 valence electrons. The second-order valence-electron chi connectivity index (χ2n) is 6.56. The van der Waals surface area contributed by atoms with E-state index < -0.39 is 24.1 Å². The SMILES string of the molecule is O=C(COC(=O)c1cc(I)cc(I)c1O)OC1(c2ccccc2)CC[NH2+]CC1. The highest BCUT2D eigenvalue weighted by molar-refractivity contribution is 14.1. The van der Waals surface area contributed by atoms with Crippen LogP contribution in [0.2, 0.25) is 0 Å². The highest BCUT2D eigenvalue weighted by Gasteiger charge is 2.39. The number of ether oxygens (including phenoxy) is 2. The van der Waals surface area contributed by atoms with Gasteiger partial charge in [0, 0.05) is 16.4 Å². The van der Waals surface area contributed by atoms with Crippen LogP contribution in [0, 0.1) is 7.14 Å². The van der Waals surface area contributed by atoms with Crippen LogP contribution in [0.5, 0.6) is 5.75 Å². The predicted octanol–water partition coefficient (Wildman–Crippen LogP) is 2.55. The zero-order chi connectivity index (χ0) is 20.1. The lowest BCUT2D eigenvalue weighted by atomic mass is 9.85. The van der Waals surface area contributed by atoms with E-state index in [2.05, 4.69) is 5.32 Å². The summed E-state index contributed by atoms with van der Waals surface area (Å²) in [5, 5.41) is 12.3. The third-order valence-electron chi connectivity index (χ3n) is 4.68. The molecule has 0 amide bonds. The first kappa shape index (κ1) is 21.3. The molecule has 1 heterocycles. The van der Waals surface area contributed by atoms with Crippen molar-refractivity contribution in [3.63, 3.8) is 0 Å². The lowest BCUT2D eigenvalue weighted by molar-refractivity contribution is -0.668. The monoisotopic (exact) mass is 608 g/mol. The summed E-state index contributed by atoms with van der Waals surface area (Å²) in [7, 11) is 0. The molecule has 0 aromatic heterocycles. The van der Waals surface area contributed by atoms with Gasteiger partial charge in [-0.25, -0.2) is 9.59 Å². The van der Waals surface area contributed by atoms with E-state index >= 15 is 0 Å². The molecule has 3 rings (SSSR count). The molecule has 0 bridgehead atoms. The number of hydrogen-bond donors (Lipinski definition) is 2. The summed E-state index contributed by atoms with van der Waals surface area (Å²) in [6, 6.07) is 12.9. The molecule has 8 heteroatoms. The Balaban J connectivity index is 1.68. The smallest absolute Gasteiger partial charge is 0.345 e. The minimum atomic E-state index is -0.753. The van der Waals surface area contributed by atoms with E-state index in [1.165, 1.54) is 6.07 Å². The molecular weight excluding hydrogens is 588 g/mol. The molecule has 1 saturated heterocycles. The van der Waals surface area contributed by atoms with Crippen molar-refractivity contribution in [1.82, 2.24) is 0 Å². The van der Waals surface area contributed by atoms with E-state index in [-0.39, 0.29) is 11.3 Å². The summed E-state index contributed by atoms with van der Waals surface area (Å²) in [5.41, 5.74) is 0.292.